The van der Waals surface area contributed by atoms with Crippen LogP contribution in [0.1, 0.15) is 11.1 Å². The zero-order chi connectivity index (χ0) is 18.2. The highest BCUT2D eigenvalue weighted by atomic mass is 32.1. The lowest BCUT2D eigenvalue weighted by Gasteiger charge is -2.09. The largest absolute Gasteiger partial charge is 0.355 e. The summed E-state index contributed by atoms with van der Waals surface area (Å²) in [6.45, 7) is -0.0486. The number of nitrogens with one attached hydrogen (secondary N) is 2. The van der Waals surface area contributed by atoms with E-state index in [0.29, 0.717) is 11.1 Å². The number of hydrogen-bond acceptors (Lipinski definition) is 3. The van der Waals surface area contributed by atoms with Crippen molar-refractivity contribution in [3.8, 4) is 0 Å². The molecule has 0 aliphatic rings. The molecule has 2 rings (SSSR count). The Hall–Kier alpha value is -2.67. The van der Waals surface area contributed by atoms with E-state index in [1.807, 2.05) is 0 Å². The Morgan fingerprint density at radius 1 is 0.840 bits per heavy atom. The number of carbonyl (C=O) groups excluding carboxylic acids is 2. The van der Waals surface area contributed by atoms with Gasteiger partial charge in [-0.25, -0.2) is 8.78 Å². The highest BCUT2D eigenvalue weighted by Gasteiger charge is 2.08. The maximum atomic E-state index is 12.8. The van der Waals surface area contributed by atoms with Crippen LogP contribution in [0, 0.1) is 11.6 Å². The number of amides is 1. The minimum absolute atomic E-state index is 0.0413. The molecule has 4 nitrogen and oxygen atoms in total. The number of hydrogen-bond donors (Lipinski definition) is 2. The molecule has 1 amide bonds. The van der Waals surface area contributed by atoms with Crippen molar-refractivity contribution in [2.45, 2.75) is 12.8 Å². The maximum Gasteiger partial charge on any atom is 0.230 e. The molecule has 0 atom stereocenters. The third-order valence-corrected chi connectivity index (χ3v) is 3.54. The second kappa shape index (κ2) is 8.98. The lowest BCUT2D eigenvalue weighted by molar-refractivity contribution is -0.119. The fourth-order valence-corrected chi connectivity index (χ4v) is 2.26. The van der Waals surface area contributed by atoms with Gasteiger partial charge in [-0.05, 0) is 47.6 Å². The first-order valence-corrected chi connectivity index (χ1v) is 7.91. The molecule has 0 saturated carbocycles. The summed E-state index contributed by atoms with van der Waals surface area (Å²) < 4.78 is 25.6. The first kappa shape index (κ1) is 18.7. The zero-order valence-electron chi connectivity index (χ0n) is 13.2. The molecular weight excluding hydrogens is 346 g/mol. The Kier molecular flexibility index (Phi) is 6.71. The van der Waals surface area contributed by atoms with Gasteiger partial charge in [-0.2, -0.15) is 0 Å². The van der Waals surface area contributed by atoms with E-state index in [-0.39, 0.29) is 47.8 Å². The molecule has 7 heteroatoms. The third kappa shape index (κ3) is 6.76. The Bertz CT molecular complexity index is 762. The molecule has 0 heterocycles. The quantitative estimate of drug-likeness (QED) is 0.775. The zero-order valence-corrected chi connectivity index (χ0v) is 14.0. The number of thiocarbonyl (C=S) groups is 1. The lowest BCUT2D eigenvalue weighted by atomic mass is 10.1. The van der Waals surface area contributed by atoms with Crippen LogP contribution >= 0.6 is 12.2 Å². The Morgan fingerprint density at radius 2 is 1.32 bits per heavy atom. The van der Waals surface area contributed by atoms with Gasteiger partial charge >= 0.3 is 0 Å². The molecule has 25 heavy (non-hydrogen) atoms. The number of rotatable bonds is 6. The van der Waals surface area contributed by atoms with Crippen molar-refractivity contribution in [1.82, 2.24) is 10.6 Å². The van der Waals surface area contributed by atoms with E-state index < -0.39 is 0 Å². The molecule has 0 radical (unpaired) electrons. The molecule has 0 fully saturated rings. The Balaban J connectivity index is 1.72. The van der Waals surface area contributed by atoms with Gasteiger partial charge in [0, 0.05) is 6.42 Å². The van der Waals surface area contributed by atoms with Crippen LogP contribution in [0.2, 0.25) is 0 Å². The molecule has 0 aliphatic carbocycles. The molecule has 2 N–H and O–H groups in total. The van der Waals surface area contributed by atoms with E-state index in [2.05, 4.69) is 10.6 Å². The van der Waals surface area contributed by atoms with Gasteiger partial charge in [0.25, 0.3) is 0 Å². The van der Waals surface area contributed by atoms with Crippen LogP contribution in [0.4, 0.5) is 8.78 Å². The van der Waals surface area contributed by atoms with Crippen LogP contribution in [0.3, 0.4) is 0 Å². The normalized spacial score (nSPS) is 10.2. The molecule has 2 aromatic carbocycles. The van der Waals surface area contributed by atoms with Crippen LogP contribution in [0.25, 0.3) is 0 Å². The van der Waals surface area contributed by atoms with Crippen molar-refractivity contribution in [2.24, 2.45) is 0 Å². The first-order valence-electron chi connectivity index (χ1n) is 7.50. The summed E-state index contributed by atoms with van der Waals surface area (Å²) >= 11 is 4.96. The van der Waals surface area contributed by atoms with Crippen molar-refractivity contribution in [2.75, 3.05) is 6.54 Å². The standard InChI is InChI=1S/C18H16F2N2O2S/c19-14-5-1-12(2-6-14)9-16(23)11-21-18(25)22-17(24)10-13-3-7-15(20)8-4-13/h1-8H,9-11H2,(H2,21,22,24,25). The van der Waals surface area contributed by atoms with Crippen molar-refractivity contribution in [3.63, 3.8) is 0 Å². The summed E-state index contributed by atoms with van der Waals surface area (Å²) in [6.07, 6.45) is 0.186. The van der Waals surface area contributed by atoms with Crippen molar-refractivity contribution in [1.29, 1.82) is 0 Å². The fraction of sp³-hybridized carbons (Fsp3) is 0.167. The number of ketones is 1. The van der Waals surface area contributed by atoms with Gasteiger partial charge in [0.1, 0.15) is 11.6 Å². The second-order valence-electron chi connectivity index (χ2n) is 5.38. The average Bonchev–Trinajstić information content (AvgIpc) is 2.57. The average molecular weight is 362 g/mol. The molecule has 0 saturated heterocycles. The van der Waals surface area contributed by atoms with E-state index in [1.54, 1.807) is 0 Å². The summed E-state index contributed by atoms with van der Waals surface area (Å²) in [6, 6.07) is 11.2. The summed E-state index contributed by atoms with van der Waals surface area (Å²) in [4.78, 5) is 23.7. The number of Topliss-reactive ketones (excluding diaryl/α,β-unsaturated/α-hetero) is 1. The molecule has 0 spiro atoms. The summed E-state index contributed by atoms with van der Waals surface area (Å²) in [5, 5.41) is 5.15. The molecule has 130 valence electrons. The lowest BCUT2D eigenvalue weighted by Crippen LogP contribution is -2.42. The minimum Gasteiger partial charge on any atom is -0.355 e. The molecule has 0 unspecified atom stereocenters. The predicted molar refractivity (Wildman–Crippen MR) is 94.0 cm³/mol. The van der Waals surface area contributed by atoms with Crippen molar-refractivity contribution < 1.29 is 18.4 Å². The summed E-state index contributed by atoms with van der Waals surface area (Å²) in [5.74, 6) is -1.25. The highest BCUT2D eigenvalue weighted by molar-refractivity contribution is 7.80. The van der Waals surface area contributed by atoms with Crippen molar-refractivity contribution >= 4 is 29.0 Å². The van der Waals surface area contributed by atoms with Gasteiger partial charge in [-0.3, -0.25) is 9.59 Å². The fourth-order valence-electron chi connectivity index (χ4n) is 2.07. The van der Waals surface area contributed by atoms with Gasteiger partial charge in [-0.15, -0.1) is 0 Å². The highest BCUT2D eigenvalue weighted by Crippen LogP contribution is 2.04. The van der Waals surface area contributed by atoms with E-state index in [1.165, 1.54) is 48.5 Å². The van der Waals surface area contributed by atoms with Gasteiger partial charge in [0.05, 0.1) is 13.0 Å². The monoisotopic (exact) mass is 362 g/mol. The summed E-state index contributed by atoms with van der Waals surface area (Å²) in [5.41, 5.74) is 1.34. The number of halogens is 2. The minimum atomic E-state index is -0.374. The molecule has 0 aliphatic heterocycles. The molecule has 0 aromatic heterocycles. The smallest absolute Gasteiger partial charge is 0.230 e. The van der Waals surface area contributed by atoms with E-state index >= 15 is 0 Å². The topological polar surface area (TPSA) is 58.2 Å². The third-order valence-electron chi connectivity index (χ3n) is 3.29. The van der Waals surface area contributed by atoms with Crippen LogP contribution in [0.15, 0.2) is 48.5 Å². The van der Waals surface area contributed by atoms with Gasteiger partial charge in [0.15, 0.2) is 10.9 Å². The van der Waals surface area contributed by atoms with E-state index in [0.717, 1.165) is 0 Å². The number of benzene rings is 2. The number of carbonyl (C=O) groups is 2. The van der Waals surface area contributed by atoms with Crippen LogP contribution in [0.5, 0.6) is 0 Å². The Labute approximate surface area is 149 Å². The van der Waals surface area contributed by atoms with Gasteiger partial charge < -0.3 is 10.6 Å². The second-order valence-corrected chi connectivity index (χ2v) is 5.78. The van der Waals surface area contributed by atoms with E-state index in [9.17, 15) is 18.4 Å². The summed E-state index contributed by atoms with van der Waals surface area (Å²) in [7, 11) is 0. The van der Waals surface area contributed by atoms with Crippen LogP contribution in [-0.2, 0) is 22.4 Å². The van der Waals surface area contributed by atoms with E-state index in [4.69, 9.17) is 12.2 Å². The van der Waals surface area contributed by atoms with Gasteiger partial charge in [-0.1, -0.05) is 24.3 Å². The van der Waals surface area contributed by atoms with Crippen LogP contribution in [-0.4, -0.2) is 23.3 Å². The molecular formula is C18H16F2N2O2S. The predicted octanol–water partition coefficient (Wildman–Crippen LogP) is 2.31. The Morgan fingerprint density at radius 3 is 1.84 bits per heavy atom. The molecule has 0 bridgehead atoms. The van der Waals surface area contributed by atoms with Gasteiger partial charge in [0.2, 0.25) is 5.91 Å². The maximum absolute atomic E-state index is 12.8. The van der Waals surface area contributed by atoms with Crippen LogP contribution < -0.4 is 10.6 Å². The molecule has 2 aromatic rings. The first-order chi connectivity index (χ1) is 11.9. The SMILES string of the molecule is O=C(CNC(=S)NC(=O)Cc1ccc(F)cc1)Cc1ccc(F)cc1. The van der Waals surface area contributed by atoms with Crippen molar-refractivity contribution in [3.05, 3.63) is 71.3 Å².